The van der Waals surface area contributed by atoms with Gasteiger partial charge < -0.3 is 25.9 Å². The van der Waals surface area contributed by atoms with Gasteiger partial charge in [0, 0.05) is 12.8 Å². The lowest BCUT2D eigenvalue weighted by atomic mass is 10.1. The van der Waals surface area contributed by atoms with Gasteiger partial charge in [-0.2, -0.15) is 0 Å². The number of epoxide rings is 2. The molecule has 6 nitrogen and oxygen atoms in total. The number of ether oxygens (including phenoxy) is 2. The molecule has 39 heavy (non-hydrogen) atoms. The molecule has 0 radical (unpaired) electrons. The molecule has 4 rings (SSSR count). The highest BCUT2D eigenvalue weighted by molar-refractivity contribution is 6.95. The van der Waals surface area contributed by atoms with Crippen LogP contribution in [0, 0.1) is 0 Å². The van der Waals surface area contributed by atoms with Gasteiger partial charge in [0.15, 0.2) is 0 Å². The van der Waals surface area contributed by atoms with Crippen molar-refractivity contribution in [1.82, 2.24) is 0 Å². The van der Waals surface area contributed by atoms with Crippen LogP contribution < -0.4 is 10.4 Å². The SMILES string of the molecule is C[Si](C)(O[Si](C)(C)O[Si](C)(C)c1ccc(CC2CO2)cc1)O[Si](C)(C)O[Si](C)(C)c1ccc(CC2CO2)cc1. The van der Waals surface area contributed by atoms with E-state index >= 15 is 0 Å². The molecule has 0 amide bonds. The van der Waals surface area contributed by atoms with Crippen molar-refractivity contribution in [2.45, 2.75) is 90.5 Å². The van der Waals surface area contributed by atoms with E-state index < -0.39 is 42.3 Å². The maximum Gasteiger partial charge on any atom is 0.314 e. The summed E-state index contributed by atoms with van der Waals surface area (Å²) in [4.78, 5) is 0. The zero-order chi connectivity index (χ0) is 28.7. The summed E-state index contributed by atoms with van der Waals surface area (Å²) >= 11 is 0. The summed E-state index contributed by atoms with van der Waals surface area (Å²) in [5.41, 5.74) is 2.64. The fourth-order valence-electron chi connectivity index (χ4n) is 5.58. The Bertz CT molecular complexity index is 1020. The summed E-state index contributed by atoms with van der Waals surface area (Å²) in [6, 6.07) is 17.8. The first-order chi connectivity index (χ1) is 17.9. The summed E-state index contributed by atoms with van der Waals surface area (Å²) in [5, 5.41) is 2.57. The highest BCUT2D eigenvalue weighted by Crippen LogP contribution is 2.26. The van der Waals surface area contributed by atoms with Crippen molar-refractivity contribution >= 4 is 52.7 Å². The topological polar surface area (TPSA) is 62.0 Å². The maximum atomic E-state index is 6.87. The third-order valence-corrected chi connectivity index (χ3v) is 26.3. The van der Waals surface area contributed by atoms with Gasteiger partial charge in [-0.1, -0.05) is 48.5 Å². The van der Waals surface area contributed by atoms with Crippen LogP contribution in [0.1, 0.15) is 11.1 Å². The van der Waals surface area contributed by atoms with Gasteiger partial charge >= 0.3 is 25.7 Å². The molecule has 2 atom stereocenters. The third kappa shape index (κ3) is 9.67. The Labute approximate surface area is 241 Å². The highest BCUT2D eigenvalue weighted by Gasteiger charge is 2.46. The van der Waals surface area contributed by atoms with Crippen molar-refractivity contribution < 1.29 is 25.9 Å². The Morgan fingerprint density at radius 1 is 0.513 bits per heavy atom. The maximum absolute atomic E-state index is 6.87. The Morgan fingerprint density at radius 3 is 1.08 bits per heavy atom. The monoisotopic (exact) mass is 620 g/mol. The molecule has 2 aromatic carbocycles. The molecule has 2 aliphatic heterocycles. The summed E-state index contributed by atoms with van der Waals surface area (Å²) < 4.78 is 38.1. The predicted molar refractivity (Wildman–Crippen MR) is 171 cm³/mol. The van der Waals surface area contributed by atoms with Crippen LogP contribution in [-0.2, 0) is 38.8 Å². The molecule has 0 bridgehead atoms. The third-order valence-electron chi connectivity index (χ3n) is 7.01. The smallest absolute Gasteiger partial charge is 0.314 e. The number of rotatable bonds is 14. The molecule has 216 valence electrons. The average Bonchev–Trinajstić information content (AvgIpc) is 3.68. The molecule has 0 spiro atoms. The summed E-state index contributed by atoms with van der Waals surface area (Å²) in [6.07, 6.45) is 2.79. The van der Waals surface area contributed by atoms with Crippen LogP contribution in [0.4, 0.5) is 0 Å². The fraction of sp³-hybridized carbons (Fsp3) is 0.571. The van der Waals surface area contributed by atoms with Crippen molar-refractivity contribution in [3.8, 4) is 0 Å². The molecular formula is C28H48O6Si5. The van der Waals surface area contributed by atoms with Crippen LogP contribution in [0.5, 0.6) is 0 Å². The summed E-state index contributed by atoms with van der Waals surface area (Å²) in [5.74, 6) is 0. The normalized spacial score (nSPS) is 20.3. The fourth-order valence-corrected chi connectivity index (χ4v) is 29.4. The lowest BCUT2D eigenvalue weighted by Gasteiger charge is -2.42. The highest BCUT2D eigenvalue weighted by atomic mass is 28.5. The molecule has 0 N–H and O–H groups in total. The van der Waals surface area contributed by atoms with E-state index in [1.165, 1.54) is 21.5 Å². The second kappa shape index (κ2) is 11.5. The van der Waals surface area contributed by atoms with Gasteiger partial charge in [-0.3, -0.25) is 0 Å². The second-order valence-electron chi connectivity index (χ2n) is 13.3. The molecule has 2 saturated heterocycles. The van der Waals surface area contributed by atoms with Gasteiger partial charge in [-0.15, -0.1) is 0 Å². The van der Waals surface area contributed by atoms with Gasteiger partial charge in [0.25, 0.3) is 0 Å². The van der Waals surface area contributed by atoms with E-state index in [4.69, 9.17) is 25.9 Å². The van der Waals surface area contributed by atoms with Crippen LogP contribution in [0.25, 0.3) is 0 Å². The van der Waals surface area contributed by atoms with E-state index in [0.717, 1.165) is 26.1 Å². The van der Waals surface area contributed by atoms with Crippen LogP contribution in [0.2, 0.25) is 65.5 Å². The first-order valence-electron chi connectivity index (χ1n) is 14.2. The van der Waals surface area contributed by atoms with Crippen molar-refractivity contribution in [1.29, 1.82) is 0 Å². The van der Waals surface area contributed by atoms with Gasteiger partial charge in [0.05, 0.1) is 25.4 Å². The molecule has 2 aromatic rings. The lowest BCUT2D eigenvalue weighted by molar-refractivity contribution is 0.301. The summed E-state index contributed by atoms with van der Waals surface area (Å²) in [6.45, 7) is 23.7. The Kier molecular flexibility index (Phi) is 9.22. The second-order valence-corrected chi connectivity index (χ2v) is 32.2. The van der Waals surface area contributed by atoms with E-state index in [9.17, 15) is 0 Å². The number of hydrogen-bond acceptors (Lipinski definition) is 6. The van der Waals surface area contributed by atoms with Crippen LogP contribution in [-0.4, -0.2) is 67.7 Å². The predicted octanol–water partition coefficient (Wildman–Crippen LogP) is 5.27. The molecule has 0 saturated carbocycles. The minimum Gasteiger partial charge on any atom is -0.433 e. The van der Waals surface area contributed by atoms with E-state index in [2.05, 4.69) is 114 Å². The quantitative estimate of drug-likeness (QED) is 0.212. The minimum atomic E-state index is -2.53. The van der Waals surface area contributed by atoms with Crippen molar-refractivity contribution in [3.63, 3.8) is 0 Å². The van der Waals surface area contributed by atoms with Crippen LogP contribution in [0.15, 0.2) is 48.5 Å². The lowest BCUT2D eigenvalue weighted by Crippen LogP contribution is -2.61. The van der Waals surface area contributed by atoms with Crippen molar-refractivity contribution in [3.05, 3.63) is 59.7 Å². The van der Waals surface area contributed by atoms with Gasteiger partial charge in [0.2, 0.25) is 16.6 Å². The van der Waals surface area contributed by atoms with Gasteiger partial charge in [-0.05, 0) is 87.0 Å². The van der Waals surface area contributed by atoms with E-state index in [-0.39, 0.29) is 0 Å². The van der Waals surface area contributed by atoms with E-state index in [1.807, 2.05) is 0 Å². The molecule has 0 aromatic heterocycles. The standard InChI is InChI=1S/C28H48O6Si5/c1-35(2,27-15-11-23(12-16-27)19-25-21-29-25)31-37(5,6)33-39(9,10)34-38(7,8)32-36(3,4)28-17-13-24(14-18-28)20-26-22-30-26/h11-18,25-26H,19-22H2,1-10H3. The van der Waals surface area contributed by atoms with Crippen molar-refractivity contribution in [2.24, 2.45) is 0 Å². The van der Waals surface area contributed by atoms with Crippen LogP contribution in [0.3, 0.4) is 0 Å². The Morgan fingerprint density at radius 2 is 0.795 bits per heavy atom. The van der Waals surface area contributed by atoms with Gasteiger partial charge in [0.1, 0.15) is 0 Å². The Hall–Kier alpha value is -0.716. The average molecular weight is 621 g/mol. The molecule has 11 heteroatoms. The molecule has 2 heterocycles. The first-order valence-corrected chi connectivity index (χ1v) is 28.4. The molecule has 2 aliphatic rings. The molecule has 2 unspecified atom stereocenters. The van der Waals surface area contributed by atoms with E-state index in [1.54, 1.807) is 0 Å². The molecule has 2 fully saturated rings. The molecule has 0 aliphatic carbocycles. The Balaban J connectivity index is 1.35. The summed E-state index contributed by atoms with van der Waals surface area (Å²) in [7, 11) is -11.8. The molecular weight excluding hydrogens is 573 g/mol. The number of benzene rings is 2. The largest absolute Gasteiger partial charge is 0.433 e. The van der Waals surface area contributed by atoms with E-state index in [0.29, 0.717) is 12.2 Å². The number of hydrogen-bond donors (Lipinski definition) is 0. The van der Waals surface area contributed by atoms with Crippen LogP contribution >= 0.6 is 0 Å². The minimum absolute atomic E-state index is 0.405. The van der Waals surface area contributed by atoms with Crippen molar-refractivity contribution in [2.75, 3.05) is 13.2 Å². The first kappa shape index (κ1) is 31.2. The van der Waals surface area contributed by atoms with Gasteiger partial charge in [-0.25, -0.2) is 0 Å². The zero-order valence-corrected chi connectivity index (χ0v) is 30.6. The zero-order valence-electron chi connectivity index (χ0n) is 25.6.